The molecule has 0 aliphatic rings. The second-order valence-electron chi connectivity index (χ2n) is 5.72. The van der Waals surface area contributed by atoms with Crippen LogP contribution in [0.2, 0.25) is 0 Å². The number of carbonyl (C=O) groups excluding carboxylic acids is 1. The minimum atomic E-state index is -0.716. The topological polar surface area (TPSA) is 26.3 Å². The van der Waals surface area contributed by atoms with E-state index < -0.39 is 4.33 Å². The zero-order valence-corrected chi connectivity index (χ0v) is 15.0. The normalized spacial score (nSPS) is 13.0. The van der Waals surface area contributed by atoms with E-state index in [0.717, 1.165) is 25.7 Å². The highest BCUT2D eigenvalue weighted by Gasteiger charge is 2.28. The molecule has 1 unspecified atom stereocenters. The van der Waals surface area contributed by atoms with Crippen LogP contribution < -0.4 is 0 Å². The van der Waals surface area contributed by atoms with Crippen LogP contribution in [0.1, 0.15) is 71.6 Å². The van der Waals surface area contributed by atoms with Crippen LogP contribution in [0.25, 0.3) is 0 Å². The second kappa shape index (κ2) is 12.3. The van der Waals surface area contributed by atoms with Gasteiger partial charge in [-0.25, -0.2) is 4.79 Å². The fourth-order valence-electron chi connectivity index (χ4n) is 2.38. The smallest absolute Gasteiger partial charge is 0.330 e. The van der Waals surface area contributed by atoms with Gasteiger partial charge in [0.05, 0.1) is 6.61 Å². The molecule has 0 heterocycles. The third-order valence-corrected chi connectivity index (χ3v) is 4.35. The van der Waals surface area contributed by atoms with E-state index in [0.29, 0.717) is 6.61 Å². The van der Waals surface area contributed by atoms with Gasteiger partial charge in [-0.15, -0.1) is 23.2 Å². The zero-order valence-electron chi connectivity index (χ0n) is 13.5. The first-order valence-electron chi connectivity index (χ1n) is 8.08. The van der Waals surface area contributed by atoms with Crippen LogP contribution in [0.3, 0.4) is 0 Å². The van der Waals surface area contributed by atoms with Crippen molar-refractivity contribution < 1.29 is 9.53 Å². The molecule has 0 aliphatic carbocycles. The molecular weight excluding hydrogens is 307 g/mol. The largest absolute Gasteiger partial charge is 0.463 e. The van der Waals surface area contributed by atoms with Gasteiger partial charge in [0, 0.05) is 6.08 Å². The van der Waals surface area contributed by atoms with Crippen molar-refractivity contribution in [3.8, 4) is 0 Å². The van der Waals surface area contributed by atoms with Gasteiger partial charge in [0.15, 0.2) is 0 Å². The van der Waals surface area contributed by atoms with Crippen LogP contribution >= 0.6 is 23.2 Å². The number of ether oxygens (including phenoxy) is 1. The second-order valence-corrected chi connectivity index (χ2v) is 7.49. The number of hydrogen-bond donors (Lipinski definition) is 0. The van der Waals surface area contributed by atoms with Gasteiger partial charge in [-0.2, -0.15) is 0 Å². The Kier molecular flexibility index (Phi) is 12.2. The van der Waals surface area contributed by atoms with Gasteiger partial charge >= 0.3 is 5.97 Å². The average molecular weight is 337 g/mol. The maximum Gasteiger partial charge on any atom is 0.330 e. The van der Waals surface area contributed by atoms with Crippen LogP contribution in [0.5, 0.6) is 0 Å². The first kappa shape index (κ1) is 20.8. The maximum atomic E-state index is 11.0. The lowest BCUT2D eigenvalue weighted by molar-refractivity contribution is -0.137. The number of carbonyl (C=O) groups is 1. The van der Waals surface area contributed by atoms with Gasteiger partial charge in [-0.05, 0) is 32.1 Å². The first-order chi connectivity index (χ1) is 9.91. The van der Waals surface area contributed by atoms with E-state index in [1.165, 1.54) is 38.2 Å². The molecule has 0 fully saturated rings. The summed E-state index contributed by atoms with van der Waals surface area (Å²) in [7, 11) is 0. The predicted octanol–water partition coefficient (Wildman–Crippen LogP) is 6.06. The van der Waals surface area contributed by atoms with Crippen molar-refractivity contribution in [1.29, 1.82) is 0 Å². The van der Waals surface area contributed by atoms with E-state index in [1.807, 2.05) is 6.92 Å². The van der Waals surface area contributed by atoms with Crippen LogP contribution in [-0.2, 0) is 9.53 Å². The Hall–Kier alpha value is -0.210. The molecule has 0 aromatic heterocycles. The Morgan fingerprint density at radius 2 is 1.71 bits per heavy atom. The minimum absolute atomic E-state index is 0.245. The molecule has 0 saturated carbocycles. The number of alkyl halides is 2. The van der Waals surface area contributed by atoms with Gasteiger partial charge in [0.25, 0.3) is 0 Å². The van der Waals surface area contributed by atoms with Crippen molar-refractivity contribution in [1.82, 2.24) is 0 Å². The third-order valence-electron chi connectivity index (χ3n) is 3.73. The fraction of sp³-hybridized carbons (Fsp3) is 0.824. The van der Waals surface area contributed by atoms with Crippen molar-refractivity contribution in [2.75, 3.05) is 6.61 Å². The number of rotatable bonds is 13. The Balaban J connectivity index is 3.88. The van der Waals surface area contributed by atoms with E-state index in [1.54, 1.807) is 0 Å². The number of hydrogen-bond acceptors (Lipinski definition) is 2. The molecule has 0 radical (unpaired) electrons. The summed E-state index contributed by atoms with van der Waals surface area (Å²) in [6.45, 7) is 7.85. The molecule has 21 heavy (non-hydrogen) atoms. The molecule has 0 saturated heterocycles. The lowest BCUT2D eigenvalue weighted by Crippen LogP contribution is -2.22. The Bertz CT molecular complexity index is 285. The van der Waals surface area contributed by atoms with E-state index in [4.69, 9.17) is 27.9 Å². The summed E-state index contributed by atoms with van der Waals surface area (Å²) >= 11 is 12.5. The molecule has 0 amide bonds. The van der Waals surface area contributed by atoms with Crippen molar-refractivity contribution in [2.45, 2.75) is 76.0 Å². The highest BCUT2D eigenvalue weighted by atomic mass is 35.5. The van der Waals surface area contributed by atoms with E-state index in [-0.39, 0.29) is 11.9 Å². The first-order valence-corrected chi connectivity index (χ1v) is 8.84. The third kappa shape index (κ3) is 12.1. The Labute approximate surface area is 140 Å². The van der Waals surface area contributed by atoms with Crippen molar-refractivity contribution >= 4 is 29.2 Å². The van der Waals surface area contributed by atoms with Crippen molar-refractivity contribution in [3.05, 3.63) is 12.7 Å². The predicted molar refractivity (Wildman–Crippen MR) is 92.0 cm³/mol. The summed E-state index contributed by atoms with van der Waals surface area (Å²) in [6.07, 6.45) is 11.5. The van der Waals surface area contributed by atoms with Gasteiger partial charge in [0.2, 0.25) is 0 Å². The lowest BCUT2D eigenvalue weighted by atomic mass is 9.92. The number of unbranched alkanes of at least 4 members (excludes halogenated alkanes) is 5. The fourth-order valence-corrected chi connectivity index (χ4v) is 2.82. The molecule has 0 spiro atoms. The summed E-state index contributed by atoms with van der Waals surface area (Å²) in [6, 6.07) is 0. The number of halogens is 2. The van der Waals surface area contributed by atoms with Crippen molar-refractivity contribution in [2.24, 2.45) is 5.92 Å². The summed E-state index contributed by atoms with van der Waals surface area (Å²) in [5, 5.41) is 0. The van der Waals surface area contributed by atoms with Gasteiger partial charge in [-0.3, -0.25) is 0 Å². The molecular formula is C17H30Cl2O2. The van der Waals surface area contributed by atoms with Gasteiger partial charge < -0.3 is 4.74 Å². The van der Waals surface area contributed by atoms with Crippen LogP contribution in [-0.4, -0.2) is 16.9 Å². The Morgan fingerprint density at radius 1 is 1.14 bits per heavy atom. The molecule has 124 valence electrons. The molecule has 4 heteroatoms. The van der Waals surface area contributed by atoms with Gasteiger partial charge in [0.1, 0.15) is 4.33 Å². The zero-order chi connectivity index (χ0) is 16.1. The molecule has 2 nitrogen and oxygen atoms in total. The highest BCUT2D eigenvalue weighted by Crippen LogP contribution is 2.36. The summed E-state index contributed by atoms with van der Waals surface area (Å²) < 4.78 is 4.26. The summed E-state index contributed by atoms with van der Waals surface area (Å²) in [5.41, 5.74) is 0. The van der Waals surface area contributed by atoms with Gasteiger partial charge in [-0.1, -0.05) is 52.0 Å². The molecule has 0 bridgehead atoms. The summed E-state index contributed by atoms with van der Waals surface area (Å²) in [4.78, 5) is 11.0. The summed E-state index contributed by atoms with van der Waals surface area (Å²) in [5.74, 6) is -0.128. The van der Waals surface area contributed by atoms with E-state index >= 15 is 0 Å². The Morgan fingerprint density at radius 3 is 2.29 bits per heavy atom. The van der Waals surface area contributed by atoms with Crippen LogP contribution in [0, 0.1) is 5.92 Å². The average Bonchev–Trinajstić information content (AvgIpc) is 2.43. The highest BCUT2D eigenvalue weighted by molar-refractivity contribution is 6.48. The molecule has 1 atom stereocenters. The maximum absolute atomic E-state index is 11.0. The van der Waals surface area contributed by atoms with Crippen molar-refractivity contribution in [3.63, 3.8) is 0 Å². The van der Waals surface area contributed by atoms with E-state index in [9.17, 15) is 4.79 Å². The van der Waals surface area contributed by atoms with Crippen LogP contribution in [0.4, 0.5) is 0 Å². The van der Waals surface area contributed by atoms with Crippen LogP contribution in [0.15, 0.2) is 12.7 Å². The molecule has 0 rings (SSSR count). The quantitative estimate of drug-likeness (QED) is 0.177. The molecule has 0 aromatic rings. The molecule has 0 aromatic carbocycles. The lowest BCUT2D eigenvalue weighted by Gasteiger charge is -2.26. The number of esters is 1. The molecule has 0 N–H and O–H groups in total. The SMILES string of the molecule is C=CC(=O)OCCCC(CCCCCCCC)C(C)(Cl)Cl. The minimum Gasteiger partial charge on any atom is -0.463 e. The molecule has 0 aliphatic heterocycles. The standard InChI is InChI=1S/C17H30Cl2O2/c1-4-6-7-8-9-10-12-15(17(3,18)19)13-11-14-21-16(20)5-2/h5,15H,2,4,6-14H2,1,3H3. The van der Waals surface area contributed by atoms with E-state index in [2.05, 4.69) is 13.5 Å². The monoisotopic (exact) mass is 336 g/mol.